The van der Waals surface area contributed by atoms with E-state index in [0.717, 1.165) is 17.9 Å². The van der Waals surface area contributed by atoms with Crippen molar-refractivity contribution in [3.63, 3.8) is 0 Å². The van der Waals surface area contributed by atoms with Gasteiger partial charge in [-0.3, -0.25) is 0 Å². The Morgan fingerprint density at radius 1 is 1.40 bits per heavy atom. The second-order valence-electron chi connectivity index (χ2n) is 3.52. The van der Waals surface area contributed by atoms with Gasteiger partial charge in [0, 0.05) is 11.4 Å². The van der Waals surface area contributed by atoms with Crippen molar-refractivity contribution in [1.29, 1.82) is 0 Å². The van der Waals surface area contributed by atoms with E-state index in [2.05, 4.69) is 10.3 Å². The number of nitrogens with two attached hydrogens (primary N) is 1. The van der Waals surface area contributed by atoms with Gasteiger partial charge in [0.2, 0.25) is 0 Å². The fourth-order valence-electron chi connectivity index (χ4n) is 1.52. The van der Waals surface area contributed by atoms with Crippen LogP contribution in [0.3, 0.4) is 0 Å². The molecule has 1 atom stereocenters. The van der Waals surface area contributed by atoms with Crippen LogP contribution in [0.25, 0.3) is 0 Å². The van der Waals surface area contributed by atoms with Gasteiger partial charge < -0.3 is 11.1 Å². The molecule has 1 aliphatic rings. The summed E-state index contributed by atoms with van der Waals surface area (Å²) in [5.74, 6) is 2.82. The second-order valence-corrected chi connectivity index (χ2v) is 4.67. The number of thioether (sulfide) groups is 1. The molecule has 1 aliphatic heterocycles. The monoisotopic (exact) mass is 221 g/mol. The molecule has 0 spiro atoms. The van der Waals surface area contributed by atoms with Crippen LogP contribution >= 0.6 is 11.8 Å². The Hall–Kier alpha value is -1.16. The molecule has 1 aromatic carbocycles. The van der Waals surface area contributed by atoms with Crippen molar-refractivity contribution >= 4 is 23.4 Å². The number of para-hydroxylation sites is 1. The van der Waals surface area contributed by atoms with Crippen molar-refractivity contribution in [2.45, 2.75) is 12.5 Å². The fourth-order valence-corrected chi connectivity index (χ4v) is 2.64. The number of benzene rings is 1. The summed E-state index contributed by atoms with van der Waals surface area (Å²) in [5.41, 5.74) is 6.81. The van der Waals surface area contributed by atoms with Gasteiger partial charge in [0.15, 0.2) is 5.96 Å². The van der Waals surface area contributed by atoms with Gasteiger partial charge in [-0.25, -0.2) is 4.99 Å². The first-order valence-corrected chi connectivity index (χ1v) is 6.23. The van der Waals surface area contributed by atoms with E-state index in [1.165, 1.54) is 5.75 Å². The zero-order chi connectivity index (χ0) is 10.5. The van der Waals surface area contributed by atoms with Crippen LogP contribution in [0.4, 0.5) is 5.69 Å². The van der Waals surface area contributed by atoms with Crippen LogP contribution in [-0.2, 0) is 0 Å². The molecule has 1 aromatic rings. The predicted molar refractivity (Wildman–Crippen MR) is 67.4 cm³/mol. The maximum Gasteiger partial charge on any atom is 0.193 e. The third-order valence-electron chi connectivity index (χ3n) is 2.27. The molecule has 4 heteroatoms. The fraction of sp³-hybridized carbons (Fsp3) is 0.364. The van der Waals surface area contributed by atoms with Crippen LogP contribution in [0.15, 0.2) is 35.3 Å². The molecule has 1 unspecified atom stereocenters. The Balaban J connectivity index is 1.94. The van der Waals surface area contributed by atoms with Crippen LogP contribution in [0.2, 0.25) is 0 Å². The van der Waals surface area contributed by atoms with Crippen molar-refractivity contribution < 1.29 is 0 Å². The molecule has 15 heavy (non-hydrogen) atoms. The maximum atomic E-state index is 5.82. The highest BCUT2D eigenvalue weighted by Crippen LogP contribution is 2.19. The number of guanidine groups is 1. The van der Waals surface area contributed by atoms with Crippen LogP contribution in [0.1, 0.15) is 6.42 Å². The van der Waals surface area contributed by atoms with Crippen LogP contribution < -0.4 is 11.1 Å². The average Bonchev–Trinajstić information content (AvgIpc) is 2.71. The third kappa shape index (κ3) is 3.16. The molecular weight excluding hydrogens is 206 g/mol. The van der Waals surface area contributed by atoms with Gasteiger partial charge >= 0.3 is 0 Å². The molecule has 0 radical (unpaired) electrons. The molecule has 1 saturated heterocycles. The van der Waals surface area contributed by atoms with E-state index in [0.29, 0.717) is 12.0 Å². The minimum absolute atomic E-state index is 0.395. The minimum atomic E-state index is 0.395. The molecule has 80 valence electrons. The summed E-state index contributed by atoms with van der Waals surface area (Å²) in [6.07, 6.45) is 1.14. The smallest absolute Gasteiger partial charge is 0.193 e. The molecule has 0 aromatic heterocycles. The van der Waals surface area contributed by atoms with Gasteiger partial charge in [0.05, 0.1) is 6.04 Å². The largest absolute Gasteiger partial charge is 0.370 e. The highest BCUT2D eigenvalue weighted by molar-refractivity contribution is 7.99. The Morgan fingerprint density at radius 3 is 2.87 bits per heavy atom. The summed E-state index contributed by atoms with van der Waals surface area (Å²) >= 11 is 1.94. The predicted octanol–water partition coefficient (Wildman–Crippen LogP) is 1.92. The molecule has 0 amide bonds. The van der Waals surface area contributed by atoms with Crippen molar-refractivity contribution in [3.05, 3.63) is 30.3 Å². The van der Waals surface area contributed by atoms with Crippen LogP contribution in [-0.4, -0.2) is 23.5 Å². The van der Waals surface area contributed by atoms with Crippen molar-refractivity contribution in [2.75, 3.05) is 16.8 Å². The van der Waals surface area contributed by atoms with Gasteiger partial charge in [0.25, 0.3) is 0 Å². The lowest BCUT2D eigenvalue weighted by atomic mass is 10.3. The molecule has 0 saturated carbocycles. The molecule has 0 aliphatic carbocycles. The van der Waals surface area contributed by atoms with E-state index in [1.807, 2.05) is 42.1 Å². The first kappa shape index (κ1) is 10.4. The highest BCUT2D eigenvalue weighted by Gasteiger charge is 2.14. The lowest BCUT2D eigenvalue weighted by Crippen LogP contribution is -2.25. The highest BCUT2D eigenvalue weighted by atomic mass is 32.2. The first-order valence-electron chi connectivity index (χ1n) is 5.08. The number of nitrogens with zero attached hydrogens (tertiary/aromatic N) is 1. The number of hydrogen-bond acceptors (Lipinski definition) is 2. The van der Waals surface area contributed by atoms with E-state index in [9.17, 15) is 0 Å². The summed E-state index contributed by atoms with van der Waals surface area (Å²) in [7, 11) is 0. The van der Waals surface area contributed by atoms with Crippen molar-refractivity contribution in [2.24, 2.45) is 10.7 Å². The zero-order valence-corrected chi connectivity index (χ0v) is 9.33. The van der Waals surface area contributed by atoms with E-state index in [-0.39, 0.29) is 0 Å². The Morgan fingerprint density at radius 2 is 2.20 bits per heavy atom. The van der Waals surface area contributed by atoms with E-state index >= 15 is 0 Å². The van der Waals surface area contributed by atoms with Crippen LogP contribution in [0.5, 0.6) is 0 Å². The van der Waals surface area contributed by atoms with Gasteiger partial charge in [-0.15, -0.1) is 0 Å². The molecule has 1 fully saturated rings. The molecule has 2 rings (SSSR count). The molecular formula is C11H15N3S. The third-order valence-corrected chi connectivity index (χ3v) is 3.42. The van der Waals surface area contributed by atoms with Gasteiger partial charge in [-0.1, -0.05) is 18.2 Å². The van der Waals surface area contributed by atoms with E-state index < -0.39 is 0 Å². The van der Waals surface area contributed by atoms with Gasteiger partial charge in [-0.05, 0) is 24.3 Å². The zero-order valence-electron chi connectivity index (χ0n) is 8.52. The molecule has 3 N–H and O–H groups in total. The Bertz CT molecular complexity index is 331. The number of anilines is 1. The Kier molecular flexibility index (Phi) is 3.50. The quantitative estimate of drug-likeness (QED) is 0.592. The summed E-state index contributed by atoms with van der Waals surface area (Å²) in [6.45, 7) is 0. The normalized spacial score (nSPS) is 21.6. The summed E-state index contributed by atoms with van der Waals surface area (Å²) in [5, 5.41) is 3.09. The lowest BCUT2D eigenvalue weighted by Gasteiger charge is -2.07. The summed E-state index contributed by atoms with van der Waals surface area (Å²) in [4.78, 5) is 4.43. The number of aliphatic imine (C=N–C) groups is 1. The number of rotatable bonds is 2. The Labute approximate surface area is 94.2 Å². The molecule has 3 nitrogen and oxygen atoms in total. The SMILES string of the molecule is NC(=NC1CCSC1)Nc1ccccc1. The number of nitrogens with one attached hydrogen (secondary N) is 1. The first-order chi connectivity index (χ1) is 7.34. The topological polar surface area (TPSA) is 50.4 Å². The van der Waals surface area contributed by atoms with Gasteiger partial charge in [0.1, 0.15) is 0 Å². The molecule has 1 heterocycles. The summed E-state index contributed by atoms with van der Waals surface area (Å²) < 4.78 is 0. The lowest BCUT2D eigenvalue weighted by molar-refractivity contribution is 0.760. The summed E-state index contributed by atoms with van der Waals surface area (Å²) in [6, 6.07) is 10.3. The van der Waals surface area contributed by atoms with E-state index in [4.69, 9.17) is 5.73 Å². The van der Waals surface area contributed by atoms with Gasteiger partial charge in [-0.2, -0.15) is 11.8 Å². The van der Waals surface area contributed by atoms with Crippen molar-refractivity contribution in [3.8, 4) is 0 Å². The maximum absolute atomic E-state index is 5.82. The van der Waals surface area contributed by atoms with Crippen LogP contribution in [0, 0.1) is 0 Å². The molecule has 0 bridgehead atoms. The van der Waals surface area contributed by atoms with E-state index in [1.54, 1.807) is 0 Å². The standard InChI is InChI=1S/C11H15N3S/c12-11(14-10-6-7-15-8-10)13-9-4-2-1-3-5-9/h1-5,10H,6-8H2,(H3,12,13,14). The second kappa shape index (κ2) is 5.07. The number of hydrogen-bond donors (Lipinski definition) is 2. The van der Waals surface area contributed by atoms with Crippen molar-refractivity contribution in [1.82, 2.24) is 0 Å². The average molecular weight is 221 g/mol. The minimum Gasteiger partial charge on any atom is -0.370 e.